The van der Waals surface area contributed by atoms with Crippen LogP contribution in [0.2, 0.25) is 0 Å². The monoisotopic (exact) mass is 336 g/mol. The number of nitrogens with zero attached hydrogens (tertiary/aromatic N) is 2. The van der Waals surface area contributed by atoms with Gasteiger partial charge in [0.05, 0.1) is 19.6 Å². The van der Waals surface area contributed by atoms with Crippen LogP contribution in [0.25, 0.3) is 0 Å². The second-order valence-electron chi connectivity index (χ2n) is 5.59. The SMILES string of the molecule is CCC1(CC)CN2CC[N+]1(P(=O)(O)O)CC2.F[B-](F)(F)F. The molecule has 2 N–H and O–H groups in total. The van der Waals surface area contributed by atoms with Gasteiger partial charge in [-0.1, -0.05) is 13.8 Å². The fourth-order valence-electron chi connectivity index (χ4n) is 3.62. The van der Waals surface area contributed by atoms with Crippen molar-refractivity contribution < 1.29 is 35.9 Å². The Morgan fingerprint density at radius 1 is 1.14 bits per heavy atom. The zero-order chi connectivity index (χ0) is 16.5. The number of quaternary nitrogens is 1. The summed E-state index contributed by atoms with van der Waals surface area (Å²) in [6.07, 6.45) is 1.68. The van der Waals surface area contributed by atoms with E-state index in [4.69, 9.17) is 0 Å². The first-order valence-corrected chi connectivity index (χ1v) is 8.50. The Labute approximate surface area is 121 Å². The molecule has 11 heteroatoms. The third-order valence-corrected chi connectivity index (χ3v) is 6.61. The zero-order valence-electron chi connectivity index (χ0n) is 12.2. The zero-order valence-corrected chi connectivity index (χ0v) is 13.1. The van der Waals surface area contributed by atoms with Crippen LogP contribution in [0, 0.1) is 0 Å². The number of piperazine rings is 3. The van der Waals surface area contributed by atoms with Crippen LogP contribution in [-0.2, 0) is 4.57 Å². The largest absolute Gasteiger partial charge is 0.673 e. The van der Waals surface area contributed by atoms with Gasteiger partial charge in [0.1, 0.15) is 5.54 Å². The molecule has 126 valence electrons. The summed E-state index contributed by atoms with van der Waals surface area (Å²) in [7, 11) is -10.1. The molecule has 5 nitrogen and oxygen atoms in total. The van der Waals surface area contributed by atoms with Crippen molar-refractivity contribution in [3.05, 3.63) is 0 Å². The fourth-order valence-corrected chi connectivity index (χ4v) is 5.22. The van der Waals surface area contributed by atoms with E-state index in [2.05, 4.69) is 18.7 Å². The van der Waals surface area contributed by atoms with Gasteiger partial charge < -0.3 is 17.3 Å². The molecule has 0 radical (unpaired) electrons. The first-order valence-electron chi connectivity index (χ1n) is 6.94. The Morgan fingerprint density at radius 2 is 1.52 bits per heavy atom. The molecular formula is C10H22BF4N2O3P. The summed E-state index contributed by atoms with van der Waals surface area (Å²) in [6, 6.07) is 0. The van der Waals surface area contributed by atoms with Crippen molar-refractivity contribution in [1.82, 2.24) is 4.90 Å². The van der Waals surface area contributed by atoms with Crippen molar-refractivity contribution in [3.63, 3.8) is 0 Å². The maximum Gasteiger partial charge on any atom is 0.673 e. The Morgan fingerprint density at radius 3 is 1.76 bits per heavy atom. The second kappa shape index (κ2) is 6.16. The van der Waals surface area contributed by atoms with E-state index in [0.29, 0.717) is 13.1 Å². The third kappa shape index (κ3) is 3.79. The molecule has 0 spiro atoms. The first kappa shape index (κ1) is 18.9. The van der Waals surface area contributed by atoms with Gasteiger partial charge in [0, 0.05) is 25.9 Å². The van der Waals surface area contributed by atoms with E-state index >= 15 is 0 Å². The average molecular weight is 336 g/mol. The molecule has 0 unspecified atom stereocenters. The van der Waals surface area contributed by atoms with Crippen LogP contribution in [0.3, 0.4) is 0 Å². The van der Waals surface area contributed by atoms with E-state index in [1.54, 1.807) is 0 Å². The van der Waals surface area contributed by atoms with E-state index in [1.807, 2.05) is 0 Å². The van der Waals surface area contributed by atoms with Crippen molar-refractivity contribution in [2.75, 3.05) is 32.7 Å². The van der Waals surface area contributed by atoms with Crippen LogP contribution in [-0.4, -0.2) is 64.5 Å². The smallest absolute Gasteiger partial charge is 0.418 e. The highest BCUT2D eigenvalue weighted by molar-refractivity contribution is 7.45. The van der Waals surface area contributed by atoms with Crippen molar-refractivity contribution in [2.24, 2.45) is 0 Å². The lowest BCUT2D eigenvalue weighted by atomic mass is 9.85. The van der Waals surface area contributed by atoms with E-state index < -0.39 is 15.0 Å². The Balaban J connectivity index is 0.000000383. The molecule has 21 heavy (non-hydrogen) atoms. The van der Waals surface area contributed by atoms with E-state index in [1.165, 1.54) is 0 Å². The summed E-state index contributed by atoms with van der Waals surface area (Å²) >= 11 is 0. The standard InChI is InChI=1S/C10H21N2O3P.BF4/c1-3-10(4-2)9-11-5-7-12(10,8-6-11)16(13,14)15;2-1(3,4)5/h3-9H2,1-2H3,(H-,13,14,15);/q;-1/p+1. The number of fused-ring (bicyclic) bond motifs is 3. The van der Waals surface area contributed by atoms with Gasteiger partial charge >= 0.3 is 15.0 Å². The molecule has 3 fully saturated rings. The maximum absolute atomic E-state index is 11.9. The second-order valence-corrected chi connectivity index (χ2v) is 7.38. The molecule has 3 heterocycles. The molecule has 0 saturated carbocycles. The molecule has 0 aromatic rings. The highest BCUT2D eigenvalue weighted by atomic mass is 31.2. The molecule has 0 atom stereocenters. The van der Waals surface area contributed by atoms with Gasteiger partial charge in [0.25, 0.3) is 0 Å². The van der Waals surface area contributed by atoms with Gasteiger partial charge in [0.2, 0.25) is 0 Å². The Hall–Kier alpha value is -0.145. The van der Waals surface area contributed by atoms with Crippen LogP contribution in [0.15, 0.2) is 0 Å². The molecule has 3 saturated heterocycles. The van der Waals surface area contributed by atoms with Crippen LogP contribution < -0.4 is 0 Å². The Kier molecular flexibility index (Phi) is 5.54. The van der Waals surface area contributed by atoms with E-state index in [9.17, 15) is 31.6 Å². The minimum Gasteiger partial charge on any atom is -0.418 e. The van der Waals surface area contributed by atoms with Gasteiger partial charge in [0.15, 0.2) is 0 Å². The molecule has 0 aromatic heterocycles. The Bertz CT molecular complexity index is 400. The maximum atomic E-state index is 11.9. The van der Waals surface area contributed by atoms with E-state index in [-0.39, 0.29) is 9.79 Å². The van der Waals surface area contributed by atoms with Crippen molar-refractivity contribution >= 4 is 15.0 Å². The van der Waals surface area contributed by atoms with Crippen LogP contribution in [0.4, 0.5) is 17.3 Å². The molecule has 2 bridgehead atoms. The minimum absolute atomic E-state index is 0.0312. The normalized spacial score (nSPS) is 31.5. The molecule has 0 aromatic carbocycles. The van der Waals surface area contributed by atoms with Crippen molar-refractivity contribution in [3.8, 4) is 0 Å². The lowest BCUT2D eigenvalue weighted by molar-refractivity contribution is -0.895. The predicted molar refractivity (Wildman–Crippen MR) is 72.0 cm³/mol. The predicted octanol–water partition coefficient (Wildman–Crippen LogP) is 2.08. The summed E-state index contributed by atoms with van der Waals surface area (Å²) in [5.74, 6) is 0. The third-order valence-electron chi connectivity index (χ3n) is 4.79. The molecule has 0 amide bonds. The molecule has 3 aliphatic heterocycles. The van der Waals surface area contributed by atoms with Crippen molar-refractivity contribution in [1.29, 1.82) is 0 Å². The van der Waals surface area contributed by atoms with Crippen LogP contribution >= 0.6 is 7.75 Å². The first-order chi connectivity index (χ1) is 9.41. The summed E-state index contributed by atoms with van der Waals surface area (Å²) in [5.41, 5.74) is -0.241. The van der Waals surface area contributed by atoms with Gasteiger partial charge in [-0.25, -0.2) is 8.82 Å². The van der Waals surface area contributed by atoms with Crippen LogP contribution in [0.1, 0.15) is 26.7 Å². The molecular weight excluding hydrogens is 314 g/mol. The highest BCUT2D eigenvalue weighted by Gasteiger charge is 2.64. The number of hydrogen-bond acceptors (Lipinski definition) is 2. The minimum atomic E-state index is -6.00. The summed E-state index contributed by atoms with van der Waals surface area (Å²) in [6.45, 7) is 7.81. The fraction of sp³-hybridized carbons (Fsp3) is 1.00. The molecule has 3 rings (SSSR count). The van der Waals surface area contributed by atoms with Gasteiger partial charge in [-0.3, -0.25) is 14.7 Å². The summed E-state index contributed by atoms with van der Waals surface area (Å²) < 4.78 is 51.0. The molecule has 3 aliphatic rings. The number of rotatable bonds is 3. The van der Waals surface area contributed by atoms with Gasteiger partial charge in [-0.2, -0.15) is 0 Å². The van der Waals surface area contributed by atoms with Gasteiger partial charge in [-0.15, -0.1) is 0 Å². The number of hydrogen-bond donors (Lipinski definition) is 2. The lowest BCUT2D eigenvalue weighted by Gasteiger charge is -2.61. The quantitative estimate of drug-likeness (QED) is 0.471. The van der Waals surface area contributed by atoms with Crippen LogP contribution in [0.5, 0.6) is 0 Å². The topological polar surface area (TPSA) is 60.8 Å². The summed E-state index contributed by atoms with van der Waals surface area (Å²) in [5, 5.41) is 0. The molecule has 0 aliphatic carbocycles. The summed E-state index contributed by atoms with van der Waals surface area (Å²) in [4.78, 5) is 21.9. The average Bonchev–Trinajstić information content (AvgIpc) is 2.36. The highest BCUT2D eigenvalue weighted by Crippen LogP contribution is 2.58. The van der Waals surface area contributed by atoms with Gasteiger partial charge in [-0.05, 0) is 0 Å². The van der Waals surface area contributed by atoms with E-state index in [0.717, 1.165) is 32.5 Å². The lowest BCUT2D eigenvalue weighted by Crippen LogP contribution is -2.76. The van der Waals surface area contributed by atoms with Crippen molar-refractivity contribution in [2.45, 2.75) is 32.2 Å². The number of halogens is 4.